The van der Waals surface area contributed by atoms with E-state index in [0.717, 1.165) is 0 Å². The Morgan fingerprint density at radius 1 is 1.43 bits per heavy atom. The van der Waals surface area contributed by atoms with Gasteiger partial charge in [0, 0.05) is 24.7 Å². The highest BCUT2D eigenvalue weighted by molar-refractivity contribution is 7.15. The lowest BCUT2D eigenvalue weighted by Gasteiger charge is -2.35. The SMILES string of the molecule is CC1CN(C(=O)Cn2cc(Nc3nc4sccn4c3[N+](=O)[O-])cn2)CC(C)O1. The normalized spacial score (nSPS) is 19.9. The lowest BCUT2D eigenvalue weighted by atomic mass is 10.2. The van der Waals surface area contributed by atoms with Gasteiger partial charge in [-0.1, -0.05) is 11.3 Å². The number of rotatable bonds is 5. The third kappa shape index (κ3) is 3.55. The Bertz CT molecular complexity index is 1020. The maximum Gasteiger partial charge on any atom is 0.373 e. The number of hydrogen-bond donors (Lipinski definition) is 1. The minimum absolute atomic E-state index is 0.00196. The first kappa shape index (κ1) is 18.4. The van der Waals surface area contributed by atoms with Gasteiger partial charge in [-0.15, -0.1) is 0 Å². The second kappa shape index (κ2) is 7.20. The molecule has 148 valence electrons. The van der Waals surface area contributed by atoms with Gasteiger partial charge in [-0.05, 0) is 18.8 Å². The molecule has 2 atom stereocenters. The Morgan fingerprint density at radius 3 is 2.89 bits per heavy atom. The molecule has 0 aliphatic carbocycles. The van der Waals surface area contributed by atoms with Crippen LogP contribution in [0.4, 0.5) is 17.3 Å². The molecule has 3 aromatic heterocycles. The van der Waals surface area contributed by atoms with Crippen LogP contribution in [0.3, 0.4) is 0 Å². The van der Waals surface area contributed by atoms with Crippen LogP contribution in [0, 0.1) is 10.1 Å². The fraction of sp³-hybridized carbons (Fsp3) is 0.438. The minimum atomic E-state index is -0.482. The Labute approximate surface area is 163 Å². The van der Waals surface area contributed by atoms with E-state index in [1.165, 1.54) is 26.6 Å². The van der Waals surface area contributed by atoms with Gasteiger partial charge < -0.3 is 25.1 Å². The zero-order chi connectivity index (χ0) is 19.8. The van der Waals surface area contributed by atoms with Gasteiger partial charge >= 0.3 is 5.82 Å². The van der Waals surface area contributed by atoms with E-state index in [0.29, 0.717) is 23.7 Å². The molecule has 1 saturated heterocycles. The second-order valence-corrected chi connectivity index (χ2v) is 7.58. The smallest absolute Gasteiger partial charge is 0.372 e. The Balaban J connectivity index is 1.46. The van der Waals surface area contributed by atoms with Crippen LogP contribution >= 0.6 is 11.3 Å². The van der Waals surface area contributed by atoms with Gasteiger partial charge in [0.1, 0.15) is 12.7 Å². The molecule has 1 aliphatic heterocycles. The molecule has 0 spiro atoms. The van der Waals surface area contributed by atoms with Gasteiger partial charge in [0.25, 0.3) is 4.96 Å². The lowest BCUT2D eigenvalue weighted by Crippen LogP contribution is -2.49. The summed E-state index contributed by atoms with van der Waals surface area (Å²) in [4.78, 5) is 30.0. The zero-order valence-electron chi connectivity index (χ0n) is 15.3. The molecule has 2 unspecified atom stereocenters. The maximum absolute atomic E-state index is 12.5. The summed E-state index contributed by atoms with van der Waals surface area (Å²) in [6.07, 6.45) is 4.73. The van der Waals surface area contributed by atoms with Crippen molar-refractivity contribution in [2.45, 2.75) is 32.6 Å². The monoisotopic (exact) mass is 405 g/mol. The number of thiazole rings is 1. The highest BCUT2D eigenvalue weighted by Crippen LogP contribution is 2.30. The van der Waals surface area contributed by atoms with Crippen molar-refractivity contribution in [3.8, 4) is 0 Å². The number of carbonyl (C=O) groups is 1. The summed E-state index contributed by atoms with van der Waals surface area (Å²) in [5.41, 5.74) is 0.519. The van der Waals surface area contributed by atoms with Crippen molar-refractivity contribution in [1.82, 2.24) is 24.1 Å². The van der Waals surface area contributed by atoms with Gasteiger partial charge in [0.2, 0.25) is 11.7 Å². The van der Waals surface area contributed by atoms with Crippen molar-refractivity contribution >= 4 is 39.5 Å². The minimum Gasteiger partial charge on any atom is -0.372 e. The third-order valence-electron chi connectivity index (χ3n) is 4.38. The fourth-order valence-corrected chi connectivity index (χ4v) is 4.01. The number of morpholine rings is 1. The largest absolute Gasteiger partial charge is 0.373 e. The number of fused-ring (bicyclic) bond motifs is 1. The van der Waals surface area contributed by atoms with Crippen LogP contribution in [0.15, 0.2) is 24.0 Å². The highest BCUT2D eigenvalue weighted by atomic mass is 32.1. The van der Waals surface area contributed by atoms with Crippen molar-refractivity contribution in [2.24, 2.45) is 0 Å². The van der Waals surface area contributed by atoms with E-state index >= 15 is 0 Å². The predicted octanol–water partition coefficient (Wildman–Crippen LogP) is 1.88. The molecule has 0 bridgehead atoms. The van der Waals surface area contributed by atoms with E-state index in [9.17, 15) is 14.9 Å². The summed E-state index contributed by atoms with van der Waals surface area (Å²) < 4.78 is 8.56. The fourth-order valence-electron chi connectivity index (χ4n) is 3.30. The molecule has 1 N–H and O–H groups in total. The molecule has 28 heavy (non-hydrogen) atoms. The van der Waals surface area contributed by atoms with Gasteiger partial charge in [-0.25, -0.2) is 0 Å². The molecule has 4 rings (SSSR count). The van der Waals surface area contributed by atoms with Crippen LogP contribution in [-0.4, -0.2) is 60.2 Å². The standard InChI is InChI=1S/C16H19N7O4S/c1-10-6-20(7-11(2)27-10)13(24)9-21-8-12(5-17-21)18-14-15(23(25)26)22-3-4-28-16(22)19-14/h3-5,8,10-11,18H,6-7,9H2,1-2H3. The first-order chi connectivity index (χ1) is 13.4. The van der Waals surface area contributed by atoms with E-state index in [1.54, 1.807) is 22.7 Å². The number of carbonyl (C=O) groups excluding carboxylic acids is 1. The number of nitro groups is 1. The highest BCUT2D eigenvalue weighted by Gasteiger charge is 2.27. The molecule has 1 amide bonds. The molecule has 1 aliphatic rings. The molecule has 1 fully saturated rings. The van der Waals surface area contributed by atoms with Crippen LogP contribution in [-0.2, 0) is 16.1 Å². The van der Waals surface area contributed by atoms with Crippen LogP contribution in [0.5, 0.6) is 0 Å². The Morgan fingerprint density at radius 2 is 2.18 bits per heavy atom. The molecular formula is C16H19N7O4S. The molecule has 4 heterocycles. The number of amides is 1. The van der Waals surface area contributed by atoms with Crippen molar-refractivity contribution < 1.29 is 14.5 Å². The van der Waals surface area contributed by atoms with Gasteiger partial charge in [-0.2, -0.15) is 14.5 Å². The number of imidazole rings is 1. The Kier molecular flexibility index (Phi) is 4.73. The molecule has 12 heteroatoms. The van der Waals surface area contributed by atoms with Crippen LogP contribution < -0.4 is 5.32 Å². The summed E-state index contributed by atoms with van der Waals surface area (Å²) in [6.45, 7) is 5.06. The molecule has 0 aromatic carbocycles. The number of nitrogens with zero attached hydrogens (tertiary/aromatic N) is 6. The zero-order valence-corrected chi connectivity index (χ0v) is 16.1. The molecule has 0 saturated carbocycles. The number of hydrogen-bond acceptors (Lipinski definition) is 8. The predicted molar refractivity (Wildman–Crippen MR) is 102 cm³/mol. The van der Waals surface area contributed by atoms with Crippen molar-refractivity contribution in [3.63, 3.8) is 0 Å². The third-order valence-corrected chi connectivity index (χ3v) is 5.13. The van der Waals surface area contributed by atoms with Crippen LogP contribution in [0.2, 0.25) is 0 Å². The van der Waals surface area contributed by atoms with Crippen molar-refractivity contribution in [2.75, 3.05) is 18.4 Å². The van der Waals surface area contributed by atoms with Crippen LogP contribution in [0.1, 0.15) is 13.8 Å². The second-order valence-electron chi connectivity index (χ2n) is 6.70. The quantitative estimate of drug-likeness (QED) is 0.508. The summed E-state index contributed by atoms with van der Waals surface area (Å²) in [6, 6.07) is 0. The van der Waals surface area contributed by atoms with E-state index in [-0.39, 0.29) is 36.3 Å². The van der Waals surface area contributed by atoms with E-state index in [4.69, 9.17) is 4.74 Å². The average Bonchev–Trinajstić information content (AvgIpc) is 3.30. The van der Waals surface area contributed by atoms with Gasteiger partial charge in [-0.3, -0.25) is 9.48 Å². The summed E-state index contributed by atoms with van der Waals surface area (Å²) in [7, 11) is 0. The lowest BCUT2D eigenvalue weighted by molar-refractivity contribution is -0.389. The van der Waals surface area contributed by atoms with E-state index in [2.05, 4.69) is 15.4 Å². The molecule has 3 aromatic rings. The summed E-state index contributed by atoms with van der Waals surface area (Å²) in [5, 5.41) is 20.2. The maximum atomic E-state index is 12.5. The first-order valence-corrected chi connectivity index (χ1v) is 9.61. The number of nitrogens with one attached hydrogen (secondary N) is 1. The average molecular weight is 405 g/mol. The molecule has 0 radical (unpaired) electrons. The Hall–Kier alpha value is -2.99. The van der Waals surface area contributed by atoms with Crippen molar-refractivity contribution in [1.29, 1.82) is 0 Å². The molecule has 11 nitrogen and oxygen atoms in total. The summed E-state index contributed by atoms with van der Waals surface area (Å²) >= 11 is 1.31. The number of ether oxygens (including phenoxy) is 1. The van der Waals surface area contributed by atoms with E-state index < -0.39 is 4.92 Å². The van der Waals surface area contributed by atoms with Gasteiger partial charge in [0.05, 0.1) is 24.1 Å². The first-order valence-electron chi connectivity index (χ1n) is 8.73. The molecular weight excluding hydrogens is 386 g/mol. The van der Waals surface area contributed by atoms with E-state index in [1.807, 2.05) is 13.8 Å². The van der Waals surface area contributed by atoms with Crippen LogP contribution in [0.25, 0.3) is 4.96 Å². The topological polar surface area (TPSA) is 120 Å². The summed E-state index contributed by atoms with van der Waals surface area (Å²) in [5.74, 6) is -0.0555. The van der Waals surface area contributed by atoms with Gasteiger partial charge in [0.15, 0.2) is 0 Å². The number of aromatic nitrogens is 4. The van der Waals surface area contributed by atoms with Crippen molar-refractivity contribution in [3.05, 3.63) is 34.1 Å². The number of anilines is 2.